The van der Waals surface area contributed by atoms with Crippen molar-refractivity contribution in [3.05, 3.63) is 89.2 Å². The van der Waals surface area contributed by atoms with Gasteiger partial charge in [0, 0.05) is 18.6 Å². The number of sulfonamides is 1. The third-order valence-corrected chi connectivity index (χ3v) is 7.73. The van der Waals surface area contributed by atoms with Crippen LogP contribution in [0.3, 0.4) is 0 Å². The number of benzene rings is 3. The van der Waals surface area contributed by atoms with Crippen LogP contribution >= 0.6 is 11.6 Å². The zero-order valence-corrected chi connectivity index (χ0v) is 22.1. The van der Waals surface area contributed by atoms with Crippen LogP contribution in [-0.2, 0) is 26.2 Å². The molecular formula is C26H27ClFN3O5S. The van der Waals surface area contributed by atoms with E-state index in [0.717, 1.165) is 4.31 Å². The highest BCUT2D eigenvalue weighted by molar-refractivity contribution is 7.92. The number of carbonyl (C=O) groups excluding carboxylic acids is 2. The van der Waals surface area contributed by atoms with Gasteiger partial charge in [0.2, 0.25) is 11.8 Å². The lowest BCUT2D eigenvalue weighted by Crippen LogP contribution is -2.50. The van der Waals surface area contributed by atoms with Gasteiger partial charge in [0.1, 0.15) is 24.2 Å². The molecule has 0 spiro atoms. The molecule has 0 saturated heterocycles. The lowest BCUT2D eigenvalue weighted by molar-refractivity contribution is -0.139. The molecule has 3 aromatic carbocycles. The quantitative estimate of drug-likeness (QED) is 0.416. The summed E-state index contributed by atoms with van der Waals surface area (Å²) in [7, 11) is -1.33. The van der Waals surface area contributed by atoms with E-state index in [-0.39, 0.29) is 22.2 Å². The van der Waals surface area contributed by atoms with Crippen LogP contribution < -0.4 is 14.4 Å². The molecule has 0 aliphatic heterocycles. The van der Waals surface area contributed by atoms with Gasteiger partial charge in [-0.25, -0.2) is 12.8 Å². The first kappa shape index (κ1) is 27.9. The molecule has 0 radical (unpaired) electrons. The summed E-state index contributed by atoms with van der Waals surface area (Å²) in [5, 5.41) is 2.78. The summed E-state index contributed by atoms with van der Waals surface area (Å²) in [4.78, 5) is 27.3. The Hall–Kier alpha value is -3.63. The van der Waals surface area contributed by atoms with Crippen LogP contribution in [-0.4, -0.2) is 51.9 Å². The second kappa shape index (κ2) is 12.1. The van der Waals surface area contributed by atoms with E-state index in [1.165, 1.54) is 86.6 Å². The highest BCUT2D eigenvalue weighted by Crippen LogP contribution is 2.27. The molecule has 2 amide bonds. The smallest absolute Gasteiger partial charge is 0.264 e. The Labute approximate surface area is 220 Å². The first-order valence-corrected chi connectivity index (χ1v) is 13.1. The second-order valence-corrected chi connectivity index (χ2v) is 10.4. The van der Waals surface area contributed by atoms with E-state index in [2.05, 4.69) is 5.32 Å². The van der Waals surface area contributed by atoms with Crippen molar-refractivity contribution in [2.24, 2.45) is 0 Å². The molecule has 0 aromatic heterocycles. The van der Waals surface area contributed by atoms with Gasteiger partial charge in [-0.2, -0.15) is 0 Å². The average molecular weight is 548 g/mol. The van der Waals surface area contributed by atoms with Crippen LogP contribution in [0, 0.1) is 5.82 Å². The molecule has 0 aliphatic rings. The van der Waals surface area contributed by atoms with Crippen LogP contribution in [0.25, 0.3) is 0 Å². The predicted molar refractivity (Wildman–Crippen MR) is 139 cm³/mol. The van der Waals surface area contributed by atoms with Gasteiger partial charge in [0.05, 0.1) is 17.7 Å². The largest absolute Gasteiger partial charge is 0.497 e. The molecule has 1 N–H and O–H groups in total. The molecule has 0 bridgehead atoms. The molecule has 0 heterocycles. The van der Waals surface area contributed by atoms with Crippen molar-refractivity contribution in [2.75, 3.05) is 25.0 Å². The van der Waals surface area contributed by atoms with Crippen molar-refractivity contribution in [3.8, 4) is 5.75 Å². The number of ether oxygens (including phenoxy) is 1. The van der Waals surface area contributed by atoms with Gasteiger partial charge < -0.3 is 15.0 Å². The van der Waals surface area contributed by atoms with E-state index in [1.54, 1.807) is 12.1 Å². The van der Waals surface area contributed by atoms with E-state index in [4.69, 9.17) is 16.3 Å². The second-order valence-electron chi connectivity index (χ2n) is 8.11. The van der Waals surface area contributed by atoms with E-state index in [9.17, 15) is 22.4 Å². The molecule has 3 rings (SSSR count). The van der Waals surface area contributed by atoms with Crippen molar-refractivity contribution in [1.29, 1.82) is 0 Å². The predicted octanol–water partition coefficient (Wildman–Crippen LogP) is 3.85. The third kappa shape index (κ3) is 6.78. The Morgan fingerprint density at radius 2 is 1.70 bits per heavy atom. The summed E-state index contributed by atoms with van der Waals surface area (Å²) in [6.45, 7) is 0.874. The van der Waals surface area contributed by atoms with Crippen molar-refractivity contribution in [2.45, 2.75) is 24.4 Å². The minimum Gasteiger partial charge on any atom is -0.497 e. The third-order valence-electron chi connectivity index (χ3n) is 5.70. The number of likely N-dealkylation sites (N-methyl/N-ethyl adjacent to an activating group) is 1. The number of hydrogen-bond donors (Lipinski definition) is 1. The SMILES string of the molecule is CNC(=O)[C@@H](C)N(Cc1ccc(F)cc1)C(=O)CN(c1cccc(Cl)c1)S(=O)(=O)c1ccc(OC)cc1. The topological polar surface area (TPSA) is 96.0 Å². The van der Waals surface area contributed by atoms with Crippen molar-refractivity contribution in [3.63, 3.8) is 0 Å². The normalized spacial score (nSPS) is 11.9. The van der Waals surface area contributed by atoms with Gasteiger partial charge in [0.15, 0.2) is 0 Å². The molecule has 37 heavy (non-hydrogen) atoms. The summed E-state index contributed by atoms with van der Waals surface area (Å²) in [6.07, 6.45) is 0. The van der Waals surface area contributed by atoms with Gasteiger partial charge in [0.25, 0.3) is 10.0 Å². The summed E-state index contributed by atoms with van der Waals surface area (Å²) in [5.41, 5.74) is 0.740. The number of amides is 2. The molecular weight excluding hydrogens is 521 g/mol. The van der Waals surface area contributed by atoms with Crippen LogP contribution in [0.5, 0.6) is 5.75 Å². The molecule has 0 fully saturated rings. The Morgan fingerprint density at radius 1 is 1.05 bits per heavy atom. The molecule has 3 aromatic rings. The number of anilines is 1. The standard InChI is InChI=1S/C26H27ClFN3O5S/c1-18(26(33)29-2)30(16-19-7-9-21(28)10-8-19)25(32)17-31(22-6-4-5-20(27)15-22)37(34,35)24-13-11-23(36-3)12-14-24/h4-15,18H,16-17H2,1-3H3,(H,29,33)/t18-/m1/s1. The Morgan fingerprint density at radius 3 is 2.27 bits per heavy atom. The van der Waals surface area contributed by atoms with Crippen LogP contribution in [0.2, 0.25) is 5.02 Å². The van der Waals surface area contributed by atoms with Crippen LogP contribution in [0.4, 0.5) is 10.1 Å². The summed E-state index contributed by atoms with van der Waals surface area (Å²) >= 11 is 6.14. The Kier molecular flexibility index (Phi) is 9.12. The van der Waals surface area contributed by atoms with Crippen molar-refractivity contribution in [1.82, 2.24) is 10.2 Å². The number of nitrogens with zero attached hydrogens (tertiary/aromatic N) is 2. The molecule has 1 atom stereocenters. The van der Waals surface area contributed by atoms with Crippen LogP contribution in [0.15, 0.2) is 77.7 Å². The highest BCUT2D eigenvalue weighted by atomic mass is 35.5. The number of rotatable bonds is 10. The zero-order valence-electron chi connectivity index (χ0n) is 20.5. The average Bonchev–Trinajstić information content (AvgIpc) is 2.90. The lowest BCUT2D eigenvalue weighted by atomic mass is 10.1. The maximum Gasteiger partial charge on any atom is 0.264 e. The lowest BCUT2D eigenvalue weighted by Gasteiger charge is -2.31. The van der Waals surface area contributed by atoms with E-state index in [0.29, 0.717) is 11.3 Å². The fraction of sp³-hybridized carbons (Fsp3) is 0.231. The number of methoxy groups -OCH3 is 1. The number of hydrogen-bond acceptors (Lipinski definition) is 5. The van der Waals surface area contributed by atoms with E-state index < -0.39 is 40.2 Å². The van der Waals surface area contributed by atoms with Gasteiger partial charge >= 0.3 is 0 Å². The van der Waals surface area contributed by atoms with Crippen molar-refractivity contribution < 1.29 is 27.1 Å². The molecule has 0 saturated carbocycles. The first-order valence-electron chi connectivity index (χ1n) is 11.2. The van der Waals surface area contributed by atoms with Gasteiger partial charge in [-0.3, -0.25) is 13.9 Å². The van der Waals surface area contributed by atoms with Gasteiger partial charge in [-0.1, -0.05) is 29.8 Å². The molecule has 8 nitrogen and oxygen atoms in total. The van der Waals surface area contributed by atoms with E-state index >= 15 is 0 Å². The molecule has 0 unspecified atom stereocenters. The number of halogens is 2. The summed E-state index contributed by atoms with van der Waals surface area (Å²) < 4.78 is 46.9. The summed E-state index contributed by atoms with van der Waals surface area (Å²) in [5.74, 6) is -1.06. The van der Waals surface area contributed by atoms with Crippen LogP contribution in [0.1, 0.15) is 12.5 Å². The van der Waals surface area contributed by atoms with E-state index in [1.807, 2.05) is 0 Å². The highest BCUT2D eigenvalue weighted by Gasteiger charge is 2.32. The monoisotopic (exact) mass is 547 g/mol. The minimum atomic E-state index is -4.23. The van der Waals surface area contributed by atoms with Crippen molar-refractivity contribution >= 4 is 39.1 Å². The fourth-order valence-corrected chi connectivity index (χ4v) is 5.20. The summed E-state index contributed by atoms with van der Waals surface area (Å²) in [6, 6.07) is 16.4. The maximum atomic E-state index is 13.7. The number of nitrogens with one attached hydrogen (secondary N) is 1. The van der Waals surface area contributed by atoms with Gasteiger partial charge in [-0.05, 0) is 67.1 Å². The maximum absolute atomic E-state index is 13.7. The van der Waals surface area contributed by atoms with Gasteiger partial charge in [-0.15, -0.1) is 0 Å². The molecule has 0 aliphatic carbocycles. The first-order chi connectivity index (χ1) is 17.6. The molecule has 196 valence electrons. The zero-order chi connectivity index (χ0) is 27.2. The number of carbonyl (C=O) groups is 2. The minimum absolute atomic E-state index is 0.0420. The Bertz CT molecular complexity index is 1350. The Balaban J connectivity index is 2.02. The molecule has 11 heteroatoms. The fourth-order valence-electron chi connectivity index (χ4n) is 3.61.